The molecule has 32 nitrogen and oxygen atoms in total. The Hall–Kier alpha value is -13.5. The fourth-order valence-electron chi connectivity index (χ4n) is 19.4. The van der Waals surface area contributed by atoms with Crippen molar-refractivity contribution >= 4 is 99.1 Å². The van der Waals surface area contributed by atoms with Gasteiger partial charge in [-0.05, 0) is 297 Å². The lowest BCUT2D eigenvalue weighted by Crippen LogP contribution is -2.45. The van der Waals surface area contributed by atoms with Gasteiger partial charge in [0, 0.05) is 80.7 Å². The number of likely N-dealkylation sites (tertiary alicyclic amines) is 4. The second kappa shape index (κ2) is 47.4. The Morgan fingerprint density at radius 2 is 0.782 bits per heavy atom. The lowest BCUT2D eigenvalue weighted by Gasteiger charge is -2.30. The zero-order chi connectivity index (χ0) is 104. The van der Waals surface area contributed by atoms with Crippen molar-refractivity contribution in [3.8, 4) is 11.4 Å². The van der Waals surface area contributed by atoms with E-state index in [1.54, 1.807) is 56.3 Å². The molecule has 4 amide bonds. The number of rotatable bonds is 12. The number of fused-ring (bicyclic) bond motifs is 3. The van der Waals surface area contributed by atoms with Gasteiger partial charge in [-0.3, -0.25) is 44.1 Å². The highest BCUT2D eigenvalue weighted by Crippen LogP contribution is 2.41. The number of benzene rings is 7. The fraction of sp³-hybridized carbons (Fsp3) is 0.482. The third kappa shape index (κ3) is 27.8. The number of carboxylic acids is 3. The van der Waals surface area contributed by atoms with Gasteiger partial charge in [-0.2, -0.15) is 30.0 Å². The van der Waals surface area contributed by atoms with Gasteiger partial charge in [0.05, 0.1) is 88.2 Å². The minimum absolute atomic E-state index is 0.0168. The van der Waals surface area contributed by atoms with Gasteiger partial charge in [-0.1, -0.05) is 132 Å². The van der Waals surface area contributed by atoms with Gasteiger partial charge in [0.25, 0.3) is 5.91 Å². The molecule has 9 aliphatic heterocycles. The number of aliphatic imine (C=N–C) groups is 3. The van der Waals surface area contributed by atoms with Crippen LogP contribution in [0.1, 0.15) is 224 Å². The van der Waals surface area contributed by atoms with Gasteiger partial charge in [-0.15, -0.1) is 0 Å². The van der Waals surface area contributed by atoms with E-state index in [2.05, 4.69) is 121 Å². The van der Waals surface area contributed by atoms with Crippen LogP contribution < -0.4 is 27.8 Å². The molecule has 32 heteroatoms. The molecule has 9 aliphatic rings. The largest absolute Gasteiger partial charge is 0.480 e. The van der Waals surface area contributed by atoms with Crippen LogP contribution in [-0.2, 0) is 54.3 Å². The van der Waals surface area contributed by atoms with Crippen LogP contribution >= 0.6 is 0 Å². The molecule has 0 unspecified atom stereocenters. The number of Topliss-reactive ketones (excluding diaryl/α,β-unsaturated/α-hetero) is 1. The molecule has 11 N–H and O–H groups in total. The molecule has 0 radical (unpaired) electrons. The van der Waals surface area contributed by atoms with Crippen LogP contribution in [-0.4, -0.2) is 222 Å². The summed E-state index contributed by atoms with van der Waals surface area (Å²) in [5.74, 6) is -0.716. The van der Waals surface area contributed by atoms with E-state index in [1.165, 1.54) is 78.1 Å². The summed E-state index contributed by atoms with van der Waals surface area (Å²) in [6.07, 6.45) is 13.8. The van der Waals surface area contributed by atoms with E-state index in [4.69, 9.17) is 61.7 Å². The Balaban J connectivity index is 0.000000159. The minimum atomic E-state index is -0.981. The summed E-state index contributed by atoms with van der Waals surface area (Å²) < 4.78 is 16.2. The molecule has 2 aromatic heterocycles. The van der Waals surface area contributed by atoms with Crippen molar-refractivity contribution in [1.82, 2.24) is 60.2 Å². The van der Waals surface area contributed by atoms with E-state index in [1.807, 2.05) is 160 Å². The normalized spacial score (nSPS) is 21.6. The van der Waals surface area contributed by atoms with Crippen molar-refractivity contribution in [2.24, 2.45) is 50.5 Å². The Bertz CT molecular complexity index is 6070. The van der Waals surface area contributed by atoms with Crippen LogP contribution in [0.25, 0.3) is 11.4 Å². The number of carbonyl (C=O) groups is 8. The highest BCUT2D eigenvalue weighted by atomic mass is 16.6. The number of nitrogen functional groups attached to an aromatic ring is 3. The number of nitrogens with one attached hydrogen (secondary N) is 2. The summed E-state index contributed by atoms with van der Waals surface area (Å²) in [6.45, 7) is 47.7. The van der Waals surface area contributed by atoms with E-state index >= 15 is 0 Å². The molecule has 7 aromatic carbocycles. The average molecular weight is 1940 g/mol. The summed E-state index contributed by atoms with van der Waals surface area (Å²) >= 11 is 0. The average Bonchev–Trinajstić information content (AvgIpc) is 1.66. The first kappa shape index (κ1) is 109. The van der Waals surface area contributed by atoms with Gasteiger partial charge < -0.3 is 62.3 Å². The highest BCUT2D eigenvalue weighted by Gasteiger charge is 2.46. The first-order valence-electron chi connectivity index (χ1n) is 49.3. The van der Waals surface area contributed by atoms with Crippen molar-refractivity contribution < 1.29 is 67.9 Å². The number of hydrogen-bond donors (Lipinski definition) is 8. The summed E-state index contributed by atoms with van der Waals surface area (Å²) in [7, 11) is 0. The summed E-state index contributed by atoms with van der Waals surface area (Å²) in [5.41, 5.74) is 39.1. The summed E-state index contributed by atoms with van der Waals surface area (Å²) in [6, 6.07) is 40.3. The molecule has 0 saturated carbocycles. The quantitative estimate of drug-likeness (QED) is 0.0416. The first-order chi connectivity index (χ1) is 67.0. The smallest absolute Gasteiger partial charge is 0.411 e. The van der Waals surface area contributed by atoms with Crippen molar-refractivity contribution in [2.45, 2.75) is 270 Å². The van der Waals surface area contributed by atoms with E-state index in [0.717, 1.165) is 128 Å². The second-order valence-electron chi connectivity index (χ2n) is 41.8. The zero-order valence-corrected chi connectivity index (χ0v) is 86.6. The Morgan fingerprint density at radius 3 is 1.20 bits per heavy atom. The number of aromatic carboxylic acids is 1. The molecule has 11 heterocycles. The van der Waals surface area contributed by atoms with Gasteiger partial charge >= 0.3 is 36.2 Å². The number of hydrogen-bond acceptors (Lipinski definition) is 23. The number of aliphatic carboxylic acids is 2. The van der Waals surface area contributed by atoms with Crippen molar-refractivity contribution in [3.63, 3.8) is 0 Å². The molecule has 0 spiro atoms. The molecular formula is C110H146N18O14. The number of amides is 4. The van der Waals surface area contributed by atoms with E-state index in [9.17, 15) is 38.4 Å². The number of aryl methyl sites for hydroxylation is 7. The maximum Gasteiger partial charge on any atom is 0.411 e. The highest BCUT2D eigenvalue weighted by molar-refractivity contribution is 6.05. The summed E-state index contributed by atoms with van der Waals surface area (Å²) in [4.78, 5) is 120. The number of aromatic nitrogens is 6. The van der Waals surface area contributed by atoms with Gasteiger partial charge in [-0.25, -0.2) is 24.0 Å². The second-order valence-corrected chi connectivity index (χ2v) is 41.8. The molecule has 12 atom stereocenters. The number of ether oxygens (including phenoxy) is 3. The van der Waals surface area contributed by atoms with E-state index < -0.39 is 59.0 Å². The maximum absolute atomic E-state index is 13.8. The number of anilines is 3. The van der Waals surface area contributed by atoms with Crippen LogP contribution in [0.2, 0.25) is 0 Å². The monoisotopic (exact) mass is 1940 g/mol. The van der Waals surface area contributed by atoms with Crippen LogP contribution in [0.15, 0.2) is 167 Å². The lowest BCUT2D eigenvalue weighted by molar-refractivity contribution is -0.143. The molecule has 18 rings (SSSR count). The summed E-state index contributed by atoms with van der Waals surface area (Å²) in [5, 5.41) is 49.4. The predicted octanol–water partition coefficient (Wildman–Crippen LogP) is 18.5. The van der Waals surface area contributed by atoms with Gasteiger partial charge in [0.2, 0.25) is 0 Å². The molecular weight excluding hydrogens is 1800 g/mol. The molecule has 6 fully saturated rings. The van der Waals surface area contributed by atoms with Crippen molar-refractivity contribution in [1.29, 1.82) is 0 Å². The first-order valence-corrected chi connectivity index (χ1v) is 49.3. The molecule has 760 valence electrons. The number of nitrogens with two attached hydrogens (primary N) is 3. The SMILES string of the molecule is C[C@H]1CCN(C(=O)OC(C)(C)C)[C@@H]1C(=O)O.C[C@H]1CCN[C@@H]1C(=O)O.Cc1ccc(-n2nccn2)c(C(=O)N2CC[C@H](C)[C@H]2C2=Nc3cccc(C)c3C2)c1.Cc1ccc(-n2nccn2)c(C(=O)O)c1.Cc1cccc(CC(=O)[C@@H]2[C@@H](C)CCN2C(=O)OC(C)(C)C)c1N.Cc1cccc(N)c1N.Cc1cccc2c1CC([C@@H]1[C@@H](C)CCN1C(=O)OC(C)(C)C)=N2.Cc1cccc2c1CC([C@H]1NCC[C@@H]1C)=N2. The lowest BCUT2D eigenvalue weighted by atomic mass is 9.93. The maximum atomic E-state index is 13.8. The topological polar surface area (TPSA) is 439 Å². The molecule has 9 aromatic rings. The van der Waals surface area contributed by atoms with Crippen LogP contribution in [0.5, 0.6) is 0 Å². The Morgan fingerprint density at radius 1 is 0.401 bits per heavy atom. The number of carboxylic acid groups (broad SMARTS) is 3. The van der Waals surface area contributed by atoms with Crippen molar-refractivity contribution in [3.05, 3.63) is 225 Å². The molecule has 6 saturated heterocycles. The molecule has 0 aliphatic carbocycles. The third-order valence-electron chi connectivity index (χ3n) is 27.1. The van der Waals surface area contributed by atoms with Crippen LogP contribution in [0.4, 0.5) is 48.5 Å². The number of para-hydroxylation sites is 2. The number of nitrogens with zero attached hydrogens (tertiary/aromatic N) is 13. The molecule has 142 heavy (non-hydrogen) atoms. The fourth-order valence-corrected chi connectivity index (χ4v) is 19.4. The Labute approximate surface area is 835 Å². The van der Waals surface area contributed by atoms with E-state index in [0.29, 0.717) is 77.3 Å². The standard InChI is InChI=1S/C24H25N5O.C19H28N2O3.C19H26N2O2.C14H18N2.C11H19NO4.C10H9N3O2.C7H10N2.C6H11NO2/c1-15-7-8-22(29-25-10-11-26-29)19(13-15)24(30)28-12-9-17(3)23(28)21-14-18-16(2)5-4-6-20(18)27-21;1-12-7-6-8-14(16(12)20)11-15(22)17-13(2)9-10-21(17)18(23)24-19(3,4)5;1-12-7-6-8-15-14(12)11-16(20-15)17-13(2)9-10-21(17)18(22)23-19(3,4)5;1-9-4-3-5-12-11(9)8-13(16-12)14-10(2)6-7-15-14;1-7-5-6-12(8(7)9(13)14)10(15)16-11(2,3)4;1-7-2-3-9(8(6-7)10(14)15)13-11-4-5-12-13;1-5-3-2-4-6(8)7(5)9;1-4-2-3-7-5(4)6(8)9/h4-8,10-11,13,17,23H,9,12,14H2,1-3H3;6-8,13,17H,9-11,20H2,1-5H3;6-8,13,17H,9-11H2,1-5H3;3-5,10,14-15H,6-8H2,1-2H3;7-8H,5-6H2,1-4H3,(H,13,14);2-6H,1H3,(H,14,15);2-4H,8-9H2,1H3;4-5,7H,2-3H2,1H3,(H,8,9)/t17-,23-;2*13-,17-;10-,14-;7-,8-;;;4-,5-/m00000..0/s1. The van der Waals surface area contributed by atoms with Gasteiger partial charge in [0.15, 0.2) is 5.78 Å². The predicted molar refractivity (Wildman–Crippen MR) is 556 cm³/mol. The number of carbonyl (C=O) groups excluding carboxylic acids is 5. The van der Waals surface area contributed by atoms with Crippen molar-refractivity contribution in [2.75, 3.05) is 56.5 Å². The van der Waals surface area contributed by atoms with Crippen LogP contribution in [0, 0.1) is 84.0 Å². The van der Waals surface area contributed by atoms with E-state index in [-0.39, 0.29) is 59.7 Å². The third-order valence-corrected chi connectivity index (χ3v) is 27.1. The van der Waals surface area contributed by atoms with Crippen LogP contribution in [0.3, 0.4) is 0 Å². The van der Waals surface area contributed by atoms with Gasteiger partial charge in [0.1, 0.15) is 34.6 Å². The minimum Gasteiger partial charge on any atom is -0.480 e. The zero-order valence-electron chi connectivity index (χ0n) is 86.6. The number of ketones is 1. The molecule has 0 bridgehead atoms. The Kier molecular flexibility index (Phi) is 36.3.